The lowest BCUT2D eigenvalue weighted by atomic mass is 9.93. The van der Waals surface area contributed by atoms with Gasteiger partial charge in [0.25, 0.3) is 0 Å². The maximum absolute atomic E-state index is 14.5. The Bertz CT molecular complexity index is 846. The largest absolute Gasteiger partial charge is 0.454 e. The first-order valence-corrected chi connectivity index (χ1v) is 8.82. The molecule has 0 saturated heterocycles. The first kappa shape index (κ1) is 16.6. The zero-order valence-electron chi connectivity index (χ0n) is 14.3. The maximum Gasteiger partial charge on any atom is 0.234 e. The van der Waals surface area contributed by atoms with E-state index < -0.39 is 5.82 Å². The van der Waals surface area contributed by atoms with Crippen LogP contribution in [0.3, 0.4) is 0 Å². The summed E-state index contributed by atoms with van der Waals surface area (Å²) in [6.45, 7) is 0.706. The quantitative estimate of drug-likeness (QED) is 0.836. The number of fused-ring (bicyclic) bond motifs is 1. The number of benzene rings is 1. The van der Waals surface area contributed by atoms with Gasteiger partial charge in [0.05, 0.1) is 6.20 Å². The Morgan fingerprint density at radius 1 is 1.19 bits per heavy atom. The zero-order chi connectivity index (χ0) is 17.9. The van der Waals surface area contributed by atoms with Gasteiger partial charge in [0.1, 0.15) is 6.07 Å². The number of hydrogen-bond acceptors (Lipinski definition) is 6. The summed E-state index contributed by atoms with van der Waals surface area (Å²) in [5.41, 5.74) is 0.983. The minimum Gasteiger partial charge on any atom is -0.454 e. The molecule has 1 fully saturated rings. The third-order valence-electron chi connectivity index (χ3n) is 4.90. The van der Waals surface area contributed by atoms with Gasteiger partial charge in [-0.15, -0.1) is 0 Å². The van der Waals surface area contributed by atoms with Crippen LogP contribution in [0.15, 0.2) is 24.4 Å². The van der Waals surface area contributed by atoms with Crippen molar-refractivity contribution in [3.63, 3.8) is 0 Å². The summed E-state index contributed by atoms with van der Waals surface area (Å²) in [6, 6.07) is 7.82. The summed E-state index contributed by atoms with van der Waals surface area (Å²) in [4.78, 5) is 9.85. The van der Waals surface area contributed by atoms with Crippen molar-refractivity contribution in [1.29, 1.82) is 5.26 Å². The molecule has 1 aromatic heterocycles. The fraction of sp³-hybridized carbons (Fsp3) is 0.421. The second-order valence-corrected chi connectivity index (χ2v) is 6.58. The summed E-state index contributed by atoms with van der Waals surface area (Å²) in [5.74, 6) is 1.09. The molecule has 1 aliphatic heterocycles. The number of rotatable bonds is 4. The van der Waals surface area contributed by atoms with Gasteiger partial charge in [-0.1, -0.05) is 25.3 Å². The lowest BCUT2D eigenvalue weighted by Gasteiger charge is -2.35. The van der Waals surface area contributed by atoms with Crippen LogP contribution in [0.25, 0.3) is 0 Å². The number of hydrogen-bond donors (Lipinski definition) is 0. The van der Waals surface area contributed by atoms with E-state index in [1.54, 1.807) is 0 Å². The van der Waals surface area contributed by atoms with Crippen molar-refractivity contribution in [3.8, 4) is 17.6 Å². The minimum absolute atomic E-state index is 0.0205. The van der Waals surface area contributed by atoms with E-state index in [0.29, 0.717) is 12.3 Å². The first-order chi connectivity index (χ1) is 12.7. The average molecular weight is 354 g/mol. The van der Waals surface area contributed by atoms with Gasteiger partial charge in [0.2, 0.25) is 12.6 Å². The van der Waals surface area contributed by atoms with E-state index in [1.807, 2.05) is 29.2 Å². The lowest BCUT2D eigenvalue weighted by Crippen LogP contribution is -2.37. The standard InChI is InChI=1S/C19H19FN4O2/c20-15-10-22-18(9-21)23-19(15)24(14-4-2-1-3-5-14)11-13-6-7-16-17(8-13)26-12-25-16/h6-8,10,14H,1-5,11-12H2. The van der Waals surface area contributed by atoms with Crippen LogP contribution in [0.4, 0.5) is 10.2 Å². The Morgan fingerprint density at radius 2 is 2.00 bits per heavy atom. The van der Waals surface area contributed by atoms with Gasteiger partial charge in [-0.25, -0.2) is 9.37 Å². The Labute approximate surface area is 151 Å². The van der Waals surface area contributed by atoms with Crippen LogP contribution in [0, 0.1) is 17.1 Å². The van der Waals surface area contributed by atoms with E-state index in [2.05, 4.69) is 9.97 Å². The molecule has 6 nitrogen and oxygen atoms in total. The number of nitrogens with zero attached hydrogens (tertiary/aromatic N) is 4. The third kappa shape index (κ3) is 3.27. The molecular formula is C19H19FN4O2. The van der Waals surface area contributed by atoms with Crippen LogP contribution >= 0.6 is 0 Å². The van der Waals surface area contributed by atoms with Crippen LogP contribution in [-0.4, -0.2) is 22.8 Å². The summed E-state index contributed by atoms with van der Waals surface area (Å²) in [6.07, 6.45) is 6.46. The summed E-state index contributed by atoms with van der Waals surface area (Å²) < 4.78 is 25.3. The Balaban J connectivity index is 1.68. The predicted octanol–water partition coefficient (Wildman–Crippen LogP) is 3.56. The molecular weight excluding hydrogens is 335 g/mol. The number of nitriles is 1. The van der Waals surface area contributed by atoms with E-state index in [1.165, 1.54) is 6.42 Å². The summed E-state index contributed by atoms with van der Waals surface area (Å²) in [5, 5.41) is 9.09. The fourth-order valence-corrected chi connectivity index (χ4v) is 3.62. The molecule has 2 heterocycles. The molecule has 1 aliphatic carbocycles. The van der Waals surface area contributed by atoms with Crippen molar-refractivity contribution in [2.45, 2.75) is 44.7 Å². The second-order valence-electron chi connectivity index (χ2n) is 6.58. The van der Waals surface area contributed by atoms with E-state index in [9.17, 15) is 4.39 Å². The normalized spacial score (nSPS) is 16.3. The Hall–Kier alpha value is -2.88. The molecule has 0 unspecified atom stereocenters. The van der Waals surface area contributed by atoms with Gasteiger partial charge in [-0.05, 0) is 30.5 Å². The van der Waals surface area contributed by atoms with Gasteiger partial charge < -0.3 is 14.4 Å². The number of anilines is 1. The molecule has 0 spiro atoms. The van der Waals surface area contributed by atoms with Gasteiger partial charge in [-0.2, -0.15) is 10.2 Å². The number of aromatic nitrogens is 2. The van der Waals surface area contributed by atoms with Crippen molar-refractivity contribution in [1.82, 2.24) is 9.97 Å². The van der Waals surface area contributed by atoms with E-state index in [0.717, 1.165) is 43.2 Å². The third-order valence-corrected chi connectivity index (χ3v) is 4.90. The highest BCUT2D eigenvalue weighted by Crippen LogP contribution is 2.34. The van der Waals surface area contributed by atoms with Crippen LogP contribution in [0.2, 0.25) is 0 Å². The molecule has 4 rings (SSSR count). The van der Waals surface area contributed by atoms with Gasteiger partial charge in [0, 0.05) is 12.6 Å². The highest BCUT2D eigenvalue weighted by atomic mass is 19.1. The van der Waals surface area contributed by atoms with Crippen LogP contribution in [0.5, 0.6) is 11.5 Å². The molecule has 0 bridgehead atoms. The average Bonchev–Trinajstić information content (AvgIpc) is 3.15. The Morgan fingerprint density at radius 3 is 2.81 bits per heavy atom. The molecule has 0 atom stereocenters. The zero-order valence-corrected chi connectivity index (χ0v) is 14.3. The second kappa shape index (κ2) is 7.16. The molecule has 134 valence electrons. The van der Waals surface area contributed by atoms with Crippen molar-refractivity contribution < 1.29 is 13.9 Å². The maximum atomic E-state index is 14.5. The molecule has 0 amide bonds. The highest BCUT2D eigenvalue weighted by Gasteiger charge is 2.26. The summed E-state index contributed by atoms with van der Waals surface area (Å²) in [7, 11) is 0. The van der Waals surface area contributed by atoms with Crippen molar-refractivity contribution in [2.75, 3.05) is 11.7 Å². The van der Waals surface area contributed by atoms with Crippen molar-refractivity contribution in [3.05, 3.63) is 41.6 Å². The van der Waals surface area contributed by atoms with Crippen LogP contribution < -0.4 is 14.4 Å². The molecule has 0 radical (unpaired) electrons. The van der Waals surface area contributed by atoms with Gasteiger partial charge in [0.15, 0.2) is 23.1 Å². The van der Waals surface area contributed by atoms with E-state index in [-0.39, 0.29) is 24.5 Å². The molecule has 0 N–H and O–H groups in total. The monoisotopic (exact) mass is 354 g/mol. The van der Waals surface area contributed by atoms with Gasteiger partial charge in [-0.3, -0.25) is 0 Å². The van der Waals surface area contributed by atoms with Gasteiger partial charge >= 0.3 is 0 Å². The SMILES string of the molecule is N#Cc1ncc(F)c(N(Cc2ccc3c(c2)OCO3)C2CCCCC2)n1. The van der Waals surface area contributed by atoms with Crippen LogP contribution in [0.1, 0.15) is 43.5 Å². The lowest BCUT2D eigenvalue weighted by molar-refractivity contribution is 0.174. The molecule has 1 aromatic carbocycles. The smallest absolute Gasteiger partial charge is 0.234 e. The molecule has 2 aliphatic rings. The molecule has 1 saturated carbocycles. The topological polar surface area (TPSA) is 71.3 Å². The van der Waals surface area contributed by atoms with Crippen molar-refractivity contribution >= 4 is 5.82 Å². The predicted molar refractivity (Wildman–Crippen MR) is 92.3 cm³/mol. The number of halogens is 1. The first-order valence-electron chi connectivity index (χ1n) is 8.82. The Kier molecular flexibility index (Phi) is 4.57. The molecule has 2 aromatic rings. The number of ether oxygens (including phenoxy) is 2. The van der Waals surface area contributed by atoms with Crippen LogP contribution in [-0.2, 0) is 6.54 Å². The minimum atomic E-state index is -0.504. The highest BCUT2D eigenvalue weighted by molar-refractivity contribution is 5.48. The fourth-order valence-electron chi connectivity index (χ4n) is 3.62. The van der Waals surface area contributed by atoms with Crippen molar-refractivity contribution in [2.24, 2.45) is 0 Å². The molecule has 26 heavy (non-hydrogen) atoms. The van der Waals surface area contributed by atoms with E-state index >= 15 is 0 Å². The van der Waals surface area contributed by atoms with E-state index in [4.69, 9.17) is 14.7 Å². The summed E-state index contributed by atoms with van der Waals surface area (Å²) >= 11 is 0. The molecule has 7 heteroatoms.